The van der Waals surface area contributed by atoms with Crippen LogP contribution in [0.25, 0.3) is 6.08 Å². The van der Waals surface area contributed by atoms with E-state index in [0.29, 0.717) is 33.4 Å². The van der Waals surface area contributed by atoms with E-state index in [1.165, 1.54) is 23.1 Å². The van der Waals surface area contributed by atoms with Crippen molar-refractivity contribution in [3.8, 4) is 5.75 Å². The van der Waals surface area contributed by atoms with Gasteiger partial charge in [0.25, 0.3) is 11.8 Å². The topological polar surface area (TPSA) is 53.1 Å². The van der Waals surface area contributed by atoms with E-state index >= 15 is 0 Å². The SMILES string of the molecule is CN1CCN(C(=O)c2ccc(/C=C3\SC(=S)N(Cc4cccc(OC(F)(F)F)c4)C3=O)cc2)CC1. The van der Waals surface area contributed by atoms with Gasteiger partial charge in [-0.1, -0.05) is 48.2 Å². The summed E-state index contributed by atoms with van der Waals surface area (Å²) in [6.45, 7) is 3.07. The van der Waals surface area contributed by atoms with Crippen LogP contribution in [0.5, 0.6) is 5.75 Å². The van der Waals surface area contributed by atoms with E-state index in [4.69, 9.17) is 12.2 Å². The van der Waals surface area contributed by atoms with Crippen molar-refractivity contribution < 1.29 is 27.5 Å². The van der Waals surface area contributed by atoms with Crippen LogP contribution in [0, 0.1) is 0 Å². The summed E-state index contributed by atoms with van der Waals surface area (Å²) < 4.78 is 41.8. The Balaban J connectivity index is 1.42. The summed E-state index contributed by atoms with van der Waals surface area (Å²) >= 11 is 6.45. The highest BCUT2D eigenvalue weighted by molar-refractivity contribution is 8.26. The molecule has 0 aromatic heterocycles. The summed E-state index contributed by atoms with van der Waals surface area (Å²) in [5.74, 6) is -0.713. The lowest BCUT2D eigenvalue weighted by molar-refractivity contribution is -0.274. The second kappa shape index (κ2) is 10.4. The fraction of sp³-hybridized carbons (Fsp3) is 0.292. The van der Waals surface area contributed by atoms with Crippen LogP contribution in [0.2, 0.25) is 0 Å². The van der Waals surface area contributed by atoms with Crippen LogP contribution in [0.4, 0.5) is 13.2 Å². The van der Waals surface area contributed by atoms with Crippen LogP contribution in [0.3, 0.4) is 0 Å². The zero-order valence-corrected chi connectivity index (χ0v) is 20.4. The van der Waals surface area contributed by atoms with Crippen molar-refractivity contribution in [2.45, 2.75) is 12.9 Å². The summed E-state index contributed by atoms with van der Waals surface area (Å²) in [5.41, 5.74) is 1.78. The zero-order valence-electron chi connectivity index (χ0n) is 18.7. The van der Waals surface area contributed by atoms with E-state index in [-0.39, 0.29) is 24.1 Å². The lowest BCUT2D eigenvalue weighted by Crippen LogP contribution is -2.47. The highest BCUT2D eigenvalue weighted by atomic mass is 32.2. The number of amides is 2. The van der Waals surface area contributed by atoms with Gasteiger partial charge in [-0.25, -0.2) is 0 Å². The van der Waals surface area contributed by atoms with Gasteiger partial charge < -0.3 is 14.5 Å². The minimum Gasteiger partial charge on any atom is -0.406 e. The fourth-order valence-corrected chi connectivity index (χ4v) is 4.98. The van der Waals surface area contributed by atoms with E-state index in [1.54, 1.807) is 36.4 Å². The molecule has 11 heteroatoms. The Hall–Kier alpha value is -2.89. The summed E-state index contributed by atoms with van der Waals surface area (Å²) in [7, 11) is 2.03. The Morgan fingerprint density at radius 2 is 1.80 bits per heavy atom. The predicted molar refractivity (Wildman–Crippen MR) is 132 cm³/mol. The maximum atomic E-state index is 12.9. The van der Waals surface area contributed by atoms with E-state index in [0.717, 1.165) is 30.4 Å². The molecule has 2 amide bonds. The van der Waals surface area contributed by atoms with Gasteiger partial charge in [-0.3, -0.25) is 14.5 Å². The lowest BCUT2D eigenvalue weighted by Gasteiger charge is -2.32. The third-order valence-electron chi connectivity index (χ3n) is 5.59. The van der Waals surface area contributed by atoms with Crippen molar-refractivity contribution in [1.82, 2.24) is 14.7 Å². The first kappa shape index (κ1) is 25.2. The molecular formula is C24H22F3N3O3S2. The molecule has 2 heterocycles. The predicted octanol–water partition coefficient (Wildman–Crippen LogP) is 4.37. The number of nitrogens with zero attached hydrogens (tertiary/aromatic N) is 3. The monoisotopic (exact) mass is 521 g/mol. The minimum atomic E-state index is -4.80. The quantitative estimate of drug-likeness (QED) is 0.430. The third kappa shape index (κ3) is 6.41. The number of hydrogen-bond acceptors (Lipinski definition) is 6. The number of alkyl halides is 3. The third-order valence-corrected chi connectivity index (χ3v) is 6.97. The van der Waals surface area contributed by atoms with E-state index in [1.807, 2.05) is 11.9 Å². The molecule has 2 fully saturated rings. The number of thiocarbonyl (C=S) groups is 1. The summed E-state index contributed by atoms with van der Waals surface area (Å²) in [6, 6.07) is 12.5. The molecule has 2 aliphatic heterocycles. The average molecular weight is 522 g/mol. The van der Waals surface area contributed by atoms with Gasteiger partial charge in [0.05, 0.1) is 11.4 Å². The number of carbonyl (C=O) groups is 2. The molecule has 0 spiro atoms. The first-order valence-electron chi connectivity index (χ1n) is 10.8. The van der Waals surface area contributed by atoms with Gasteiger partial charge in [0.15, 0.2) is 0 Å². The molecule has 0 atom stereocenters. The van der Waals surface area contributed by atoms with Gasteiger partial charge in [0.2, 0.25) is 0 Å². The maximum absolute atomic E-state index is 12.9. The molecule has 2 aromatic carbocycles. The molecule has 2 aliphatic rings. The average Bonchev–Trinajstić information content (AvgIpc) is 3.06. The molecule has 0 unspecified atom stereocenters. The molecule has 2 saturated heterocycles. The fourth-order valence-electron chi connectivity index (χ4n) is 3.73. The van der Waals surface area contributed by atoms with Gasteiger partial charge in [-0.2, -0.15) is 0 Å². The van der Waals surface area contributed by atoms with Gasteiger partial charge in [0, 0.05) is 31.7 Å². The smallest absolute Gasteiger partial charge is 0.406 e. The van der Waals surface area contributed by atoms with Crippen LogP contribution in [0.1, 0.15) is 21.5 Å². The Morgan fingerprint density at radius 3 is 2.46 bits per heavy atom. The Morgan fingerprint density at radius 1 is 1.11 bits per heavy atom. The standard InChI is InChI=1S/C24H22F3N3O3S2/c1-28-9-11-29(12-10-28)21(31)18-7-5-16(6-8-18)14-20-22(32)30(23(34)35-20)15-17-3-2-4-19(13-17)33-24(25,26)27/h2-8,13-14H,9-12,15H2,1H3/b20-14-. The van der Waals surface area contributed by atoms with E-state index in [2.05, 4.69) is 9.64 Å². The van der Waals surface area contributed by atoms with E-state index < -0.39 is 6.36 Å². The highest BCUT2D eigenvalue weighted by Gasteiger charge is 2.33. The molecule has 2 aromatic rings. The number of rotatable bonds is 5. The van der Waals surface area contributed by atoms with Crippen LogP contribution >= 0.6 is 24.0 Å². The maximum Gasteiger partial charge on any atom is 0.573 e. The number of halogens is 3. The minimum absolute atomic E-state index is 0.0206. The number of hydrogen-bond donors (Lipinski definition) is 0. The number of piperazine rings is 1. The summed E-state index contributed by atoms with van der Waals surface area (Å²) in [6.07, 6.45) is -3.11. The van der Waals surface area contributed by atoms with Crippen LogP contribution in [0.15, 0.2) is 53.4 Å². The van der Waals surface area contributed by atoms with Crippen molar-refractivity contribution in [2.24, 2.45) is 0 Å². The number of ether oxygens (including phenoxy) is 1. The largest absolute Gasteiger partial charge is 0.573 e. The van der Waals surface area contributed by atoms with Gasteiger partial charge in [-0.05, 0) is 48.5 Å². The molecule has 0 bridgehead atoms. The molecule has 6 nitrogen and oxygen atoms in total. The molecule has 0 N–H and O–H groups in total. The van der Waals surface area contributed by atoms with Gasteiger partial charge >= 0.3 is 6.36 Å². The normalized spacial score (nSPS) is 18.5. The number of benzene rings is 2. The van der Waals surface area contributed by atoms with Gasteiger partial charge in [0.1, 0.15) is 10.1 Å². The van der Waals surface area contributed by atoms with Crippen molar-refractivity contribution >= 4 is 46.2 Å². The summed E-state index contributed by atoms with van der Waals surface area (Å²) in [4.78, 5) is 31.4. The Bertz CT molecular complexity index is 1160. The number of carbonyl (C=O) groups excluding carboxylic acids is 2. The number of likely N-dealkylation sites (N-methyl/N-ethyl adjacent to an activating group) is 1. The van der Waals surface area contributed by atoms with Crippen molar-refractivity contribution in [1.29, 1.82) is 0 Å². The molecular weight excluding hydrogens is 499 g/mol. The number of thioether (sulfide) groups is 1. The Labute approximate surface area is 210 Å². The first-order chi connectivity index (χ1) is 16.6. The first-order valence-corrected chi connectivity index (χ1v) is 12.0. The van der Waals surface area contributed by atoms with Crippen LogP contribution in [-0.4, -0.2) is 70.4 Å². The van der Waals surface area contributed by atoms with Gasteiger partial charge in [-0.15, -0.1) is 13.2 Å². The second-order valence-electron chi connectivity index (χ2n) is 8.18. The molecule has 0 saturated carbocycles. The zero-order chi connectivity index (χ0) is 25.2. The molecule has 0 aliphatic carbocycles. The lowest BCUT2D eigenvalue weighted by atomic mass is 10.1. The van der Waals surface area contributed by atoms with Crippen molar-refractivity contribution in [3.63, 3.8) is 0 Å². The highest BCUT2D eigenvalue weighted by Crippen LogP contribution is 2.34. The Kier molecular flexibility index (Phi) is 7.48. The molecule has 4 rings (SSSR count). The molecule has 184 valence electrons. The van der Waals surface area contributed by atoms with Crippen molar-refractivity contribution in [2.75, 3.05) is 33.2 Å². The molecule has 35 heavy (non-hydrogen) atoms. The van der Waals surface area contributed by atoms with Crippen LogP contribution < -0.4 is 4.74 Å². The second-order valence-corrected chi connectivity index (χ2v) is 9.86. The van der Waals surface area contributed by atoms with E-state index in [9.17, 15) is 22.8 Å². The summed E-state index contributed by atoms with van der Waals surface area (Å²) in [5, 5.41) is 0. The molecule has 0 radical (unpaired) electrons. The van der Waals surface area contributed by atoms with Crippen LogP contribution in [-0.2, 0) is 11.3 Å². The van der Waals surface area contributed by atoms with Crippen molar-refractivity contribution in [3.05, 3.63) is 70.1 Å².